The van der Waals surface area contributed by atoms with Crippen LogP contribution in [0.15, 0.2) is 24.3 Å². The molecule has 2 N–H and O–H groups in total. The van der Waals surface area contributed by atoms with Gasteiger partial charge in [0.25, 0.3) is 0 Å². The molecule has 1 atom stereocenters. The van der Waals surface area contributed by atoms with Gasteiger partial charge in [-0.3, -0.25) is 0 Å². The van der Waals surface area contributed by atoms with E-state index >= 15 is 0 Å². The maximum atomic E-state index is 12.4. The summed E-state index contributed by atoms with van der Waals surface area (Å²) >= 11 is 0. The third-order valence-corrected chi connectivity index (χ3v) is 5.19. The van der Waals surface area contributed by atoms with Crippen molar-refractivity contribution in [2.24, 2.45) is 5.92 Å². The van der Waals surface area contributed by atoms with Crippen molar-refractivity contribution in [3.05, 3.63) is 29.8 Å². The topological polar surface area (TPSA) is 75.3 Å². The zero-order valence-electron chi connectivity index (χ0n) is 11.5. The minimum absolute atomic E-state index is 0.0492. The van der Waals surface area contributed by atoms with Crippen molar-refractivity contribution in [2.45, 2.75) is 12.6 Å². The Hall–Kier alpha value is -1.77. The zero-order chi connectivity index (χ0) is 16.4. The van der Waals surface area contributed by atoms with Crippen LogP contribution in [0.2, 0.25) is 0 Å². The number of anilines is 1. The molecule has 22 heavy (non-hydrogen) atoms. The van der Waals surface area contributed by atoms with Gasteiger partial charge in [-0.25, -0.2) is 13.2 Å². The van der Waals surface area contributed by atoms with Gasteiger partial charge in [-0.15, -0.1) is 0 Å². The van der Waals surface area contributed by atoms with E-state index in [1.807, 2.05) is 0 Å². The first kappa shape index (κ1) is 16.6. The number of hydrogen-bond acceptors (Lipinski definition) is 3. The van der Waals surface area contributed by atoms with E-state index in [-0.39, 0.29) is 29.7 Å². The summed E-state index contributed by atoms with van der Waals surface area (Å²) in [6.45, 7) is 0.214. The van der Waals surface area contributed by atoms with Gasteiger partial charge in [0.1, 0.15) is 0 Å². The van der Waals surface area contributed by atoms with Crippen LogP contribution in [0.5, 0.6) is 0 Å². The first-order chi connectivity index (χ1) is 10.2. The lowest BCUT2D eigenvalue weighted by Crippen LogP contribution is -2.33. The second-order valence-corrected chi connectivity index (χ2v) is 7.41. The number of alkyl halides is 3. The van der Waals surface area contributed by atoms with Gasteiger partial charge < -0.3 is 10.6 Å². The highest BCUT2D eigenvalue weighted by Crippen LogP contribution is 2.29. The molecular weight excluding hydrogens is 321 g/mol. The van der Waals surface area contributed by atoms with Crippen LogP contribution in [0.3, 0.4) is 0 Å². The third-order valence-electron chi connectivity index (χ3n) is 3.35. The van der Waals surface area contributed by atoms with Gasteiger partial charge in [0.05, 0.1) is 17.1 Å². The van der Waals surface area contributed by atoms with E-state index in [0.717, 1.165) is 24.3 Å². The van der Waals surface area contributed by atoms with Gasteiger partial charge in [-0.1, -0.05) is 0 Å². The molecule has 0 aromatic heterocycles. The number of nitrogens with one attached hydrogen (secondary N) is 2. The molecule has 1 saturated heterocycles. The highest BCUT2D eigenvalue weighted by Gasteiger charge is 2.30. The van der Waals surface area contributed by atoms with Crippen LogP contribution in [0.1, 0.15) is 12.0 Å². The smallest absolute Gasteiger partial charge is 0.338 e. The van der Waals surface area contributed by atoms with Gasteiger partial charge in [0.2, 0.25) is 0 Å². The predicted octanol–water partition coefficient (Wildman–Crippen LogP) is 2.26. The van der Waals surface area contributed by atoms with Crippen molar-refractivity contribution in [3.63, 3.8) is 0 Å². The quantitative estimate of drug-likeness (QED) is 0.889. The summed E-state index contributed by atoms with van der Waals surface area (Å²) in [7, 11) is -3.00. The molecule has 1 heterocycles. The Morgan fingerprint density at radius 1 is 1.23 bits per heavy atom. The molecule has 1 fully saturated rings. The fraction of sp³-hybridized carbons (Fsp3) is 0.462. The summed E-state index contributed by atoms with van der Waals surface area (Å²) < 4.78 is 59.7. The Labute approximate surface area is 125 Å². The Morgan fingerprint density at radius 3 is 2.36 bits per heavy atom. The Morgan fingerprint density at radius 2 is 1.86 bits per heavy atom. The van der Waals surface area contributed by atoms with Crippen molar-refractivity contribution < 1.29 is 26.4 Å². The molecule has 0 aliphatic carbocycles. The Kier molecular flexibility index (Phi) is 4.64. The number of carbonyl (C=O) groups excluding carboxylic acids is 1. The van der Waals surface area contributed by atoms with Gasteiger partial charge in [-0.05, 0) is 36.6 Å². The Balaban J connectivity index is 1.82. The first-order valence-corrected chi connectivity index (χ1v) is 8.40. The van der Waals surface area contributed by atoms with Crippen LogP contribution in [0, 0.1) is 5.92 Å². The molecule has 0 unspecified atom stereocenters. The van der Waals surface area contributed by atoms with E-state index in [4.69, 9.17) is 0 Å². The van der Waals surface area contributed by atoms with Crippen LogP contribution >= 0.6 is 0 Å². The highest BCUT2D eigenvalue weighted by molar-refractivity contribution is 7.91. The van der Waals surface area contributed by atoms with Crippen molar-refractivity contribution in [1.82, 2.24) is 5.32 Å². The van der Waals surface area contributed by atoms with Crippen molar-refractivity contribution >= 4 is 21.6 Å². The van der Waals surface area contributed by atoms with Gasteiger partial charge >= 0.3 is 12.2 Å². The third kappa shape index (κ3) is 4.62. The van der Waals surface area contributed by atoms with Gasteiger partial charge in [0.15, 0.2) is 9.84 Å². The monoisotopic (exact) mass is 336 g/mol. The van der Waals surface area contributed by atoms with Crippen LogP contribution < -0.4 is 10.6 Å². The van der Waals surface area contributed by atoms with E-state index in [2.05, 4.69) is 10.6 Å². The van der Waals surface area contributed by atoms with Gasteiger partial charge in [-0.2, -0.15) is 13.2 Å². The molecule has 1 aromatic carbocycles. The number of urea groups is 1. The summed E-state index contributed by atoms with van der Waals surface area (Å²) in [6, 6.07) is 3.48. The largest absolute Gasteiger partial charge is 0.416 e. The Bertz CT molecular complexity index is 641. The molecule has 0 saturated carbocycles. The number of carbonyl (C=O) groups is 1. The minimum Gasteiger partial charge on any atom is -0.338 e. The molecule has 0 bridgehead atoms. The molecular formula is C13H15F3N2O3S. The van der Waals surface area contributed by atoms with Crippen molar-refractivity contribution in [3.8, 4) is 0 Å². The predicted molar refractivity (Wildman–Crippen MR) is 75.2 cm³/mol. The lowest BCUT2D eigenvalue weighted by Gasteiger charge is -2.12. The lowest BCUT2D eigenvalue weighted by molar-refractivity contribution is -0.137. The average molecular weight is 336 g/mol. The molecule has 1 aliphatic rings. The van der Waals surface area contributed by atoms with E-state index in [0.29, 0.717) is 6.42 Å². The molecule has 1 aromatic rings. The average Bonchev–Trinajstić information content (AvgIpc) is 2.76. The first-order valence-electron chi connectivity index (χ1n) is 6.58. The number of halogens is 3. The second kappa shape index (κ2) is 6.15. The number of hydrogen-bond donors (Lipinski definition) is 2. The summed E-state index contributed by atoms with van der Waals surface area (Å²) in [5.41, 5.74) is -0.570. The summed E-state index contributed by atoms with van der Waals surface area (Å²) in [5, 5.41) is 4.92. The highest BCUT2D eigenvalue weighted by atomic mass is 32.2. The number of benzene rings is 1. The van der Waals surface area contributed by atoms with E-state index in [1.165, 1.54) is 0 Å². The van der Waals surface area contributed by atoms with E-state index in [9.17, 15) is 26.4 Å². The number of rotatable bonds is 3. The summed E-state index contributed by atoms with van der Waals surface area (Å²) in [6.07, 6.45) is -3.92. The van der Waals surface area contributed by atoms with Crippen LogP contribution in [-0.4, -0.2) is 32.5 Å². The molecule has 0 radical (unpaired) electrons. The molecule has 2 rings (SSSR count). The SMILES string of the molecule is O=C(NC[C@@H]1CCS(=O)(=O)C1)Nc1ccc(C(F)(F)F)cc1. The summed E-state index contributed by atoms with van der Waals surface area (Å²) in [4.78, 5) is 11.6. The van der Waals surface area contributed by atoms with E-state index in [1.54, 1.807) is 0 Å². The molecule has 2 amide bonds. The number of sulfone groups is 1. The van der Waals surface area contributed by atoms with Crippen LogP contribution in [0.25, 0.3) is 0 Å². The van der Waals surface area contributed by atoms with Crippen molar-refractivity contribution in [2.75, 3.05) is 23.4 Å². The van der Waals surface area contributed by atoms with Gasteiger partial charge in [0, 0.05) is 12.2 Å². The zero-order valence-corrected chi connectivity index (χ0v) is 12.3. The fourth-order valence-corrected chi connectivity index (χ4v) is 4.05. The molecule has 9 heteroatoms. The second-order valence-electron chi connectivity index (χ2n) is 5.18. The molecule has 5 nitrogen and oxygen atoms in total. The number of amides is 2. The molecule has 0 spiro atoms. The van der Waals surface area contributed by atoms with Crippen LogP contribution in [0.4, 0.5) is 23.7 Å². The molecule has 1 aliphatic heterocycles. The normalized spacial score (nSPS) is 20.6. The maximum Gasteiger partial charge on any atom is 0.416 e. The standard InChI is InChI=1S/C13H15F3N2O3S/c14-13(15,16)10-1-3-11(4-2-10)18-12(19)17-7-9-5-6-22(20,21)8-9/h1-4,9H,5-8H2,(H2,17,18,19)/t9-/m0/s1. The maximum absolute atomic E-state index is 12.4. The summed E-state index contributed by atoms with van der Waals surface area (Å²) in [5.74, 6) is 0.0521. The van der Waals surface area contributed by atoms with E-state index < -0.39 is 27.6 Å². The van der Waals surface area contributed by atoms with Crippen molar-refractivity contribution in [1.29, 1.82) is 0 Å². The molecule has 122 valence electrons. The lowest BCUT2D eigenvalue weighted by atomic mass is 10.1. The minimum atomic E-state index is -4.42. The fourth-order valence-electron chi connectivity index (χ4n) is 2.19. The van der Waals surface area contributed by atoms with Crippen LogP contribution in [-0.2, 0) is 16.0 Å².